The molecule has 0 radical (unpaired) electrons. The van der Waals surface area contributed by atoms with Crippen LogP contribution in [0.15, 0.2) is 36.5 Å². The molecular weight excluding hydrogens is 432 g/mol. The zero-order chi connectivity index (χ0) is 23.5. The molecule has 0 aliphatic carbocycles. The van der Waals surface area contributed by atoms with Crippen LogP contribution in [0.1, 0.15) is 12.0 Å². The van der Waals surface area contributed by atoms with Crippen LogP contribution in [0.25, 0.3) is 22.0 Å². The predicted molar refractivity (Wildman–Crippen MR) is 130 cm³/mol. The summed E-state index contributed by atoms with van der Waals surface area (Å²) in [4.78, 5) is 2.43. The van der Waals surface area contributed by atoms with Gasteiger partial charge >= 0.3 is 0 Å². The Balaban J connectivity index is 1.42. The Labute approximate surface area is 200 Å². The Hall–Kier alpha value is -3.03. The lowest BCUT2D eigenvalue weighted by atomic mass is 9.95. The SMILES string of the molecule is COc1cc2c(cc1OCCCN1CCOCC1)-c1cc3ccc(OC)c(OC)c3c[n+]1CC2. The number of morpholine rings is 1. The van der Waals surface area contributed by atoms with Gasteiger partial charge in [0, 0.05) is 32.1 Å². The fourth-order valence-electron chi connectivity index (χ4n) is 4.95. The largest absolute Gasteiger partial charge is 0.493 e. The maximum absolute atomic E-state index is 6.23. The molecule has 0 bridgehead atoms. The van der Waals surface area contributed by atoms with Gasteiger partial charge in [0.25, 0.3) is 0 Å². The van der Waals surface area contributed by atoms with Gasteiger partial charge in [-0.15, -0.1) is 0 Å². The third-order valence-corrected chi connectivity index (χ3v) is 6.77. The number of aryl methyl sites for hydroxylation is 2. The van der Waals surface area contributed by atoms with Crippen LogP contribution in [0.2, 0.25) is 0 Å². The first-order chi connectivity index (χ1) is 16.7. The summed E-state index contributed by atoms with van der Waals surface area (Å²) in [6.45, 7) is 6.21. The number of ether oxygens (including phenoxy) is 5. The Morgan fingerprint density at radius 1 is 0.941 bits per heavy atom. The Bertz CT molecular complexity index is 1170. The number of aromatic nitrogens is 1. The van der Waals surface area contributed by atoms with E-state index in [0.29, 0.717) is 6.61 Å². The highest BCUT2D eigenvalue weighted by molar-refractivity contribution is 5.91. The van der Waals surface area contributed by atoms with Crippen molar-refractivity contribution in [3.8, 4) is 34.3 Å². The van der Waals surface area contributed by atoms with E-state index in [1.807, 2.05) is 6.07 Å². The molecule has 2 aliphatic rings. The normalized spacial score (nSPS) is 15.5. The van der Waals surface area contributed by atoms with Crippen LogP contribution in [0.5, 0.6) is 23.0 Å². The monoisotopic (exact) mass is 465 g/mol. The van der Waals surface area contributed by atoms with Crippen LogP contribution in [-0.2, 0) is 17.7 Å². The van der Waals surface area contributed by atoms with E-state index in [0.717, 1.165) is 86.0 Å². The van der Waals surface area contributed by atoms with Crippen molar-refractivity contribution < 1.29 is 28.3 Å². The summed E-state index contributed by atoms with van der Waals surface area (Å²) in [5.74, 6) is 3.10. The molecule has 3 heterocycles. The number of hydrogen-bond acceptors (Lipinski definition) is 6. The quantitative estimate of drug-likeness (QED) is 0.375. The number of hydrogen-bond donors (Lipinski definition) is 0. The smallest absolute Gasteiger partial charge is 0.213 e. The second-order valence-corrected chi connectivity index (χ2v) is 8.72. The lowest BCUT2D eigenvalue weighted by Crippen LogP contribution is -2.40. The third kappa shape index (κ3) is 4.38. The van der Waals surface area contributed by atoms with E-state index in [9.17, 15) is 0 Å². The third-order valence-electron chi connectivity index (χ3n) is 6.77. The molecule has 0 amide bonds. The molecule has 2 aromatic carbocycles. The molecular formula is C27H33N2O5+. The highest BCUT2D eigenvalue weighted by atomic mass is 16.5. The molecule has 0 saturated carbocycles. The first-order valence-electron chi connectivity index (χ1n) is 11.9. The molecule has 1 fully saturated rings. The van der Waals surface area contributed by atoms with E-state index in [-0.39, 0.29) is 0 Å². The van der Waals surface area contributed by atoms with E-state index >= 15 is 0 Å². The minimum atomic E-state index is 0.654. The molecule has 1 aromatic heterocycles. The molecule has 180 valence electrons. The minimum absolute atomic E-state index is 0.654. The first-order valence-corrected chi connectivity index (χ1v) is 11.9. The van der Waals surface area contributed by atoms with Crippen molar-refractivity contribution >= 4 is 10.8 Å². The second kappa shape index (κ2) is 10.1. The number of methoxy groups -OCH3 is 3. The van der Waals surface area contributed by atoms with Gasteiger partial charge in [-0.25, -0.2) is 0 Å². The van der Waals surface area contributed by atoms with Gasteiger partial charge < -0.3 is 23.7 Å². The number of nitrogens with zero attached hydrogens (tertiary/aromatic N) is 2. The summed E-state index contributed by atoms with van der Waals surface area (Å²) in [6, 6.07) is 10.5. The van der Waals surface area contributed by atoms with Crippen LogP contribution in [0.3, 0.4) is 0 Å². The van der Waals surface area contributed by atoms with E-state index in [2.05, 4.69) is 39.9 Å². The Kier molecular flexibility index (Phi) is 6.74. The number of fused-ring (bicyclic) bond motifs is 4. The van der Waals surface area contributed by atoms with Crippen molar-refractivity contribution in [1.29, 1.82) is 0 Å². The topological polar surface area (TPSA) is 53.3 Å². The zero-order valence-electron chi connectivity index (χ0n) is 20.3. The van der Waals surface area contributed by atoms with Gasteiger partial charge in [0.15, 0.2) is 35.7 Å². The van der Waals surface area contributed by atoms with Crippen LogP contribution < -0.4 is 23.5 Å². The Morgan fingerprint density at radius 2 is 1.76 bits per heavy atom. The molecule has 0 N–H and O–H groups in total. The highest BCUT2D eigenvalue weighted by Crippen LogP contribution is 2.40. The number of rotatable bonds is 8. The number of benzene rings is 2. The van der Waals surface area contributed by atoms with E-state index in [4.69, 9.17) is 23.7 Å². The van der Waals surface area contributed by atoms with Gasteiger partial charge in [-0.2, -0.15) is 4.57 Å². The van der Waals surface area contributed by atoms with Crippen molar-refractivity contribution in [1.82, 2.24) is 4.90 Å². The van der Waals surface area contributed by atoms with Gasteiger partial charge in [0.1, 0.15) is 0 Å². The molecule has 2 aliphatic heterocycles. The molecule has 34 heavy (non-hydrogen) atoms. The summed E-state index contributed by atoms with van der Waals surface area (Å²) in [5, 5.41) is 2.16. The van der Waals surface area contributed by atoms with Gasteiger partial charge in [0.2, 0.25) is 5.69 Å². The lowest BCUT2D eigenvalue weighted by Gasteiger charge is -2.26. The Morgan fingerprint density at radius 3 is 2.53 bits per heavy atom. The van der Waals surface area contributed by atoms with Crippen molar-refractivity contribution in [2.24, 2.45) is 0 Å². The highest BCUT2D eigenvalue weighted by Gasteiger charge is 2.27. The van der Waals surface area contributed by atoms with E-state index in [1.165, 1.54) is 16.8 Å². The van der Waals surface area contributed by atoms with Crippen LogP contribution >= 0.6 is 0 Å². The molecule has 0 spiro atoms. The molecule has 0 unspecified atom stereocenters. The standard InChI is InChI=1S/C27H33N2O5/c1-30-24-6-5-19-15-23-21-17-26(34-12-4-8-28-10-13-33-14-11-28)25(31-2)16-20(21)7-9-29(23)18-22(19)27(24)32-3/h5-6,15-18H,4,7-14H2,1-3H3/q+1. The molecule has 1 saturated heterocycles. The van der Waals surface area contributed by atoms with Crippen molar-refractivity contribution in [3.63, 3.8) is 0 Å². The van der Waals surface area contributed by atoms with Gasteiger partial charge in [-0.1, -0.05) is 0 Å². The first kappa shape index (κ1) is 22.7. The molecule has 0 atom stereocenters. The maximum Gasteiger partial charge on any atom is 0.213 e. The van der Waals surface area contributed by atoms with E-state index < -0.39 is 0 Å². The predicted octanol–water partition coefficient (Wildman–Crippen LogP) is 3.48. The molecule has 7 nitrogen and oxygen atoms in total. The zero-order valence-corrected chi connectivity index (χ0v) is 20.3. The summed E-state index contributed by atoms with van der Waals surface area (Å²) < 4.78 is 30.8. The molecule has 3 aromatic rings. The summed E-state index contributed by atoms with van der Waals surface area (Å²) in [7, 11) is 5.06. The average Bonchev–Trinajstić information content (AvgIpc) is 2.89. The lowest BCUT2D eigenvalue weighted by molar-refractivity contribution is -0.686. The van der Waals surface area contributed by atoms with Gasteiger partial charge in [-0.05, 0) is 41.6 Å². The maximum atomic E-state index is 6.23. The van der Waals surface area contributed by atoms with Gasteiger partial charge in [-0.3, -0.25) is 4.90 Å². The molecule has 5 rings (SSSR count). The van der Waals surface area contributed by atoms with Crippen molar-refractivity contribution in [2.75, 3.05) is 60.8 Å². The minimum Gasteiger partial charge on any atom is -0.493 e. The second-order valence-electron chi connectivity index (χ2n) is 8.72. The molecule has 7 heteroatoms. The van der Waals surface area contributed by atoms with Crippen molar-refractivity contribution in [3.05, 3.63) is 42.1 Å². The summed E-state index contributed by atoms with van der Waals surface area (Å²) in [6.07, 6.45) is 4.07. The van der Waals surface area contributed by atoms with E-state index in [1.54, 1.807) is 21.3 Å². The van der Waals surface area contributed by atoms with Crippen LogP contribution in [0.4, 0.5) is 0 Å². The van der Waals surface area contributed by atoms with Crippen LogP contribution in [0, 0.1) is 0 Å². The van der Waals surface area contributed by atoms with Crippen LogP contribution in [-0.4, -0.2) is 65.7 Å². The summed E-state index contributed by atoms with van der Waals surface area (Å²) in [5.41, 5.74) is 3.63. The average molecular weight is 466 g/mol. The fraction of sp³-hybridized carbons (Fsp3) is 0.444. The number of pyridine rings is 1. The fourth-order valence-corrected chi connectivity index (χ4v) is 4.95. The van der Waals surface area contributed by atoms with Gasteiger partial charge in [0.05, 0.1) is 52.1 Å². The summed E-state index contributed by atoms with van der Waals surface area (Å²) >= 11 is 0. The van der Waals surface area contributed by atoms with Crippen molar-refractivity contribution in [2.45, 2.75) is 19.4 Å².